The molecule has 0 bridgehead atoms. The van der Waals surface area contributed by atoms with Crippen molar-refractivity contribution in [1.82, 2.24) is 5.32 Å². The molecule has 0 saturated heterocycles. The van der Waals surface area contributed by atoms with Crippen molar-refractivity contribution in [3.63, 3.8) is 0 Å². The fraction of sp³-hybridized carbons (Fsp3) is 0.533. The maximum Gasteiger partial charge on any atom is 0.242 e. The summed E-state index contributed by atoms with van der Waals surface area (Å²) < 4.78 is 22.8. The van der Waals surface area contributed by atoms with Crippen LogP contribution in [0.5, 0.6) is 0 Å². The number of hydrogen-bond acceptors (Lipinski definition) is 4. The van der Waals surface area contributed by atoms with E-state index in [9.17, 15) is 13.2 Å². The largest absolute Gasteiger partial charge is 0.374 e. The highest BCUT2D eigenvalue weighted by atomic mass is 32.2. The quantitative estimate of drug-likeness (QED) is 0.871. The van der Waals surface area contributed by atoms with Gasteiger partial charge < -0.3 is 10.6 Å². The van der Waals surface area contributed by atoms with Crippen LogP contribution in [0.15, 0.2) is 29.2 Å². The van der Waals surface area contributed by atoms with Gasteiger partial charge in [0.25, 0.3) is 0 Å². The molecule has 0 heterocycles. The van der Waals surface area contributed by atoms with Crippen molar-refractivity contribution < 1.29 is 13.2 Å². The minimum absolute atomic E-state index is 0.0194. The van der Waals surface area contributed by atoms with Crippen LogP contribution in [0.25, 0.3) is 0 Å². The van der Waals surface area contributed by atoms with Gasteiger partial charge in [0.05, 0.1) is 4.90 Å². The second-order valence-corrected chi connectivity index (χ2v) is 7.67. The molecule has 1 amide bonds. The van der Waals surface area contributed by atoms with Crippen LogP contribution in [0.2, 0.25) is 0 Å². The van der Waals surface area contributed by atoms with Gasteiger partial charge in [-0.25, -0.2) is 8.42 Å². The number of benzene rings is 1. The number of amides is 1. The lowest BCUT2D eigenvalue weighted by molar-refractivity contribution is -0.122. The van der Waals surface area contributed by atoms with Crippen LogP contribution in [0.4, 0.5) is 5.69 Å². The first-order chi connectivity index (χ1) is 9.86. The second kappa shape index (κ2) is 6.47. The SMILES string of the molecule is CC(Nc1ccc(S(C)(=O)=O)cc1)C(=O)NC1CCCC1. The van der Waals surface area contributed by atoms with Gasteiger partial charge in [-0.2, -0.15) is 0 Å². The summed E-state index contributed by atoms with van der Waals surface area (Å²) in [5, 5.41) is 6.12. The Morgan fingerprint density at radius 3 is 2.29 bits per heavy atom. The zero-order valence-electron chi connectivity index (χ0n) is 12.4. The Morgan fingerprint density at radius 1 is 1.19 bits per heavy atom. The number of rotatable bonds is 5. The summed E-state index contributed by atoms with van der Waals surface area (Å²) in [6.07, 6.45) is 5.65. The molecule has 1 saturated carbocycles. The zero-order chi connectivity index (χ0) is 15.5. The summed E-state index contributed by atoms with van der Waals surface area (Å²) in [6, 6.07) is 6.38. The number of anilines is 1. The first-order valence-electron chi connectivity index (χ1n) is 7.23. The summed E-state index contributed by atoms with van der Waals surface area (Å²) in [4.78, 5) is 12.3. The van der Waals surface area contributed by atoms with Crippen LogP contribution < -0.4 is 10.6 Å². The monoisotopic (exact) mass is 310 g/mol. The van der Waals surface area contributed by atoms with Crippen LogP contribution in [0.3, 0.4) is 0 Å². The number of carbonyl (C=O) groups excluding carboxylic acids is 1. The molecule has 5 nitrogen and oxygen atoms in total. The Bertz CT molecular complexity index is 590. The maximum atomic E-state index is 12.1. The molecule has 2 N–H and O–H groups in total. The first-order valence-corrected chi connectivity index (χ1v) is 9.12. The first kappa shape index (κ1) is 15.8. The van der Waals surface area contributed by atoms with Crippen molar-refractivity contribution in [3.8, 4) is 0 Å². The molecule has 0 spiro atoms. The molecule has 6 heteroatoms. The summed E-state index contributed by atoms with van der Waals surface area (Å²) in [5.74, 6) is -0.0194. The fourth-order valence-electron chi connectivity index (χ4n) is 2.51. The average molecular weight is 310 g/mol. The molecule has 1 atom stereocenters. The molecule has 116 valence electrons. The highest BCUT2D eigenvalue weighted by molar-refractivity contribution is 7.90. The molecule has 2 rings (SSSR count). The van der Waals surface area contributed by atoms with Crippen LogP contribution in [0.1, 0.15) is 32.6 Å². The predicted octanol–water partition coefficient (Wildman–Crippen LogP) is 1.95. The van der Waals surface area contributed by atoms with Crippen molar-refractivity contribution in [2.24, 2.45) is 0 Å². The van der Waals surface area contributed by atoms with Crippen molar-refractivity contribution >= 4 is 21.4 Å². The van der Waals surface area contributed by atoms with Crippen molar-refractivity contribution in [1.29, 1.82) is 0 Å². The summed E-state index contributed by atoms with van der Waals surface area (Å²) in [6.45, 7) is 1.80. The van der Waals surface area contributed by atoms with Gasteiger partial charge in [-0.05, 0) is 44.0 Å². The van der Waals surface area contributed by atoms with E-state index in [-0.39, 0.29) is 16.8 Å². The fourth-order valence-corrected chi connectivity index (χ4v) is 3.14. The topological polar surface area (TPSA) is 75.3 Å². The molecule has 21 heavy (non-hydrogen) atoms. The number of carbonyl (C=O) groups is 1. The predicted molar refractivity (Wildman–Crippen MR) is 83.0 cm³/mol. The van der Waals surface area contributed by atoms with Crippen molar-refractivity contribution in [3.05, 3.63) is 24.3 Å². The highest BCUT2D eigenvalue weighted by Gasteiger charge is 2.20. The van der Waals surface area contributed by atoms with Gasteiger partial charge in [-0.1, -0.05) is 12.8 Å². The molecule has 1 aliphatic carbocycles. The van der Waals surface area contributed by atoms with Crippen LogP contribution >= 0.6 is 0 Å². The molecule has 1 unspecified atom stereocenters. The molecular weight excluding hydrogens is 288 g/mol. The van der Waals surface area contributed by atoms with Crippen molar-refractivity contribution in [2.75, 3.05) is 11.6 Å². The Labute approximate surface area is 126 Å². The Balaban J connectivity index is 1.92. The molecule has 1 fully saturated rings. The normalized spacial score (nSPS) is 17.4. The van der Waals surface area contributed by atoms with E-state index >= 15 is 0 Å². The third kappa shape index (κ3) is 4.46. The van der Waals surface area contributed by atoms with Crippen LogP contribution in [-0.2, 0) is 14.6 Å². The summed E-state index contributed by atoms with van der Waals surface area (Å²) in [7, 11) is -3.19. The van der Waals surface area contributed by atoms with Crippen molar-refractivity contribution in [2.45, 2.75) is 49.6 Å². The number of hydrogen-bond donors (Lipinski definition) is 2. The highest BCUT2D eigenvalue weighted by Crippen LogP contribution is 2.18. The third-order valence-electron chi connectivity index (χ3n) is 3.76. The van der Waals surface area contributed by atoms with Crippen LogP contribution in [-0.4, -0.2) is 32.7 Å². The van der Waals surface area contributed by atoms with Gasteiger partial charge in [0.15, 0.2) is 9.84 Å². The molecule has 1 aliphatic rings. The van der Waals surface area contributed by atoms with E-state index in [1.807, 2.05) is 0 Å². The molecular formula is C15H22N2O3S. The van der Waals surface area contributed by atoms with Gasteiger partial charge >= 0.3 is 0 Å². The van der Waals surface area contributed by atoms with E-state index in [2.05, 4.69) is 10.6 Å². The Hall–Kier alpha value is -1.56. The van der Waals surface area contributed by atoms with E-state index < -0.39 is 9.84 Å². The van der Waals surface area contributed by atoms with Gasteiger partial charge in [-0.3, -0.25) is 4.79 Å². The number of sulfone groups is 1. The molecule has 0 aliphatic heterocycles. The lowest BCUT2D eigenvalue weighted by atomic mass is 10.2. The molecule has 0 radical (unpaired) electrons. The lowest BCUT2D eigenvalue weighted by Crippen LogP contribution is -2.42. The van der Waals surface area contributed by atoms with E-state index in [4.69, 9.17) is 0 Å². The Kier molecular flexibility index (Phi) is 4.88. The smallest absolute Gasteiger partial charge is 0.242 e. The molecule has 1 aromatic rings. The molecule has 0 aromatic heterocycles. The maximum absolute atomic E-state index is 12.1. The van der Waals surface area contributed by atoms with Gasteiger partial charge in [0.1, 0.15) is 6.04 Å². The van der Waals surface area contributed by atoms with Gasteiger partial charge in [0, 0.05) is 18.0 Å². The van der Waals surface area contributed by atoms with E-state index in [0.717, 1.165) is 18.5 Å². The summed E-state index contributed by atoms with van der Waals surface area (Å²) >= 11 is 0. The third-order valence-corrected chi connectivity index (χ3v) is 4.89. The standard InChI is InChI=1S/C15H22N2O3S/c1-11(15(18)17-12-5-3-4-6-12)16-13-7-9-14(10-8-13)21(2,19)20/h7-12,16H,3-6H2,1-2H3,(H,17,18). The van der Waals surface area contributed by atoms with Crippen LogP contribution in [0, 0.1) is 0 Å². The summed E-state index contributed by atoms with van der Waals surface area (Å²) in [5.41, 5.74) is 0.733. The zero-order valence-corrected chi connectivity index (χ0v) is 13.2. The van der Waals surface area contributed by atoms with Gasteiger partial charge in [-0.15, -0.1) is 0 Å². The van der Waals surface area contributed by atoms with E-state index in [1.54, 1.807) is 31.2 Å². The average Bonchev–Trinajstić information content (AvgIpc) is 2.91. The second-order valence-electron chi connectivity index (χ2n) is 5.65. The minimum atomic E-state index is -3.19. The van der Waals surface area contributed by atoms with E-state index in [0.29, 0.717) is 6.04 Å². The van der Waals surface area contributed by atoms with Gasteiger partial charge in [0.2, 0.25) is 5.91 Å². The minimum Gasteiger partial charge on any atom is -0.374 e. The van der Waals surface area contributed by atoms with E-state index in [1.165, 1.54) is 19.1 Å². The Morgan fingerprint density at radius 2 is 1.76 bits per heavy atom. The lowest BCUT2D eigenvalue weighted by Gasteiger charge is -2.18. The number of nitrogens with one attached hydrogen (secondary N) is 2. The molecule has 1 aromatic carbocycles.